The zero-order valence-electron chi connectivity index (χ0n) is 15.1. The van der Waals surface area contributed by atoms with Gasteiger partial charge in [-0.15, -0.1) is 0 Å². The molecular formula is C20H25N3O. The third-order valence-corrected chi connectivity index (χ3v) is 4.27. The summed E-state index contributed by atoms with van der Waals surface area (Å²) in [5, 5.41) is 9.42. The molecule has 4 heteroatoms. The van der Waals surface area contributed by atoms with Gasteiger partial charge >= 0.3 is 0 Å². The van der Waals surface area contributed by atoms with Crippen molar-refractivity contribution in [2.24, 2.45) is 0 Å². The maximum Gasteiger partial charge on any atom is 0.266 e. The van der Waals surface area contributed by atoms with Gasteiger partial charge in [0.15, 0.2) is 0 Å². The second-order valence-corrected chi connectivity index (χ2v) is 6.70. The maximum atomic E-state index is 12.1. The van der Waals surface area contributed by atoms with Crippen LogP contribution in [0.15, 0.2) is 35.1 Å². The minimum absolute atomic E-state index is 0.175. The van der Waals surface area contributed by atoms with E-state index in [-0.39, 0.29) is 11.1 Å². The van der Waals surface area contributed by atoms with Gasteiger partial charge in [-0.2, -0.15) is 5.26 Å². The molecule has 0 fully saturated rings. The van der Waals surface area contributed by atoms with Gasteiger partial charge in [0, 0.05) is 29.9 Å². The van der Waals surface area contributed by atoms with E-state index in [0.717, 1.165) is 23.4 Å². The fraction of sp³-hybridized carbons (Fsp3) is 0.400. The van der Waals surface area contributed by atoms with Gasteiger partial charge < -0.3 is 4.98 Å². The molecule has 2 rings (SSSR count). The topological polar surface area (TPSA) is 59.9 Å². The van der Waals surface area contributed by atoms with E-state index in [1.54, 1.807) is 0 Å². The number of hydrogen-bond donors (Lipinski definition) is 1. The van der Waals surface area contributed by atoms with Gasteiger partial charge in [0.25, 0.3) is 5.56 Å². The lowest BCUT2D eigenvalue weighted by molar-refractivity contribution is 0.166. The minimum atomic E-state index is -0.327. The molecular weight excluding hydrogens is 298 g/mol. The molecule has 24 heavy (non-hydrogen) atoms. The van der Waals surface area contributed by atoms with Crippen LogP contribution >= 0.6 is 0 Å². The Labute approximate surface area is 143 Å². The molecule has 0 amide bonds. The van der Waals surface area contributed by atoms with E-state index >= 15 is 0 Å². The van der Waals surface area contributed by atoms with Crippen molar-refractivity contribution < 1.29 is 0 Å². The number of rotatable bonds is 5. The summed E-state index contributed by atoms with van der Waals surface area (Å²) in [5.74, 6) is 0. The highest BCUT2D eigenvalue weighted by molar-refractivity contribution is 5.73. The predicted molar refractivity (Wildman–Crippen MR) is 97.8 cm³/mol. The van der Waals surface area contributed by atoms with Gasteiger partial charge in [0.2, 0.25) is 0 Å². The smallest absolute Gasteiger partial charge is 0.266 e. The molecule has 0 spiro atoms. The summed E-state index contributed by atoms with van der Waals surface area (Å²) in [6, 6.07) is 12.8. The molecule has 1 aromatic carbocycles. The lowest BCUT2D eigenvalue weighted by Gasteiger charge is -2.31. The molecule has 0 atom stereocenters. The average molecular weight is 323 g/mol. The van der Waals surface area contributed by atoms with Crippen molar-refractivity contribution in [2.75, 3.05) is 0 Å². The summed E-state index contributed by atoms with van der Waals surface area (Å²) < 4.78 is 0. The number of nitrogens with zero attached hydrogens (tertiary/aromatic N) is 2. The number of aromatic amines is 1. The molecule has 0 saturated heterocycles. The van der Waals surface area contributed by atoms with Crippen molar-refractivity contribution in [3.8, 4) is 17.2 Å². The van der Waals surface area contributed by atoms with Gasteiger partial charge in [-0.25, -0.2) is 0 Å². The second-order valence-electron chi connectivity index (χ2n) is 6.70. The van der Waals surface area contributed by atoms with Crippen LogP contribution in [-0.4, -0.2) is 22.0 Å². The van der Waals surface area contributed by atoms with Crippen molar-refractivity contribution in [2.45, 2.75) is 53.2 Å². The van der Waals surface area contributed by atoms with Crippen LogP contribution in [0.2, 0.25) is 0 Å². The third kappa shape index (κ3) is 3.74. The Balaban J connectivity index is 2.59. The Morgan fingerprint density at radius 3 is 2.33 bits per heavy atom. The van der Waals surface area contributed by atoms with E-state index in [2.05, 4.69) is 49.7 Å². The van der Waals surface area contributed by atoms with E-state index in [0.29, 0.717) is 17.6 Å². The SMILES string of the molecule is Cc1cc(-c2ccccc2CN(C(C)C)C(C)C)c(C#N)c(=O)[nH]1. The molecule has 0 aliphatic rings. The first-order valence-electron chi connectivity index (χ1n) is 8.33. The van der Waals surface area contributed by atoms with Crippen LogP contribution in [0, 0.1) is 18.3 Å². The molecule has 0 bridgehead atoms. The van der Waals surface area contributed by atoms with Gasteiger partial charge in [0.1, 0.15) is 11.6 Å². The molecule has 0 saturated carbocycles. The molecule has 0 unspecified atom stereocenters. The summed E-state index contributed by atoms with van der Waals surface area (Å²) in [4.78, 5) is 17.2. The lowest BCUT2D eigenvalue weighted by atomic mass is 9.95. The fourth-order valence-corrected chi connectivity index (χ4v) is 3.09. The van der Waals surface area contributed by atoms with E-state index < -0.39 is 0 Å². The molecule has 2 aromatic rings. The Hall–Kier alpha value is -2.38. The number of aromatic nitrogens is 1. The number of benzene rings is 1. The van der Waals surface area contributed by atoms with Crippen LogP contribution in [0.4, 0.5) is 0 Å². The fourth-order valence-electron chi connectivity index (χ4n) is 3.09. The molecule has 0 aliphatic heterocycles. The van der Waals surface area contributed by atoms with Crippen molar-refractivity contribution in [1.82, 2.24) is 9.88 Å². The minimum Gasteiger partial charge on any atom is -0.325 e. The first kappa shape index (κ1) is 18.0. The van der Waals surface area contributed by atoms with Gasteiger partial charge in [0.05, 0.1) is 0 Å². The molecule has 4 nitrogen and oxygen atoms in total. The monoisotopic (exact) mass is 323 g/mol. The summed E-state index contributed by atoms with van der Waals surface area (Å²) in [6.07, 6.45) is 0. The third-order valence-electron chi connectivity index (χ3n) is 4.27. The molecule has 126 valence electrons. The van der Waals surface area contributed by atoms with Crippen LogP contribution < -0.4 is 5.56 Å². The first-order chi connectivity index (χ1) is 11.3. The van der Waals surface area contributed by atoms with Crippen LogP contribution in [0.3, 0.4) is 0 Å². The van der Waals surface area contributed by atoms with Crippen molar-refractivity contribution in [1.29, 1.82) is 5.26 Å². The number of aryl methyl sites for hydroxylation is 1. The predicted octanol–water partition coefficient (Wildman–Crippen LogP) is 3.84. The summed E-state index contributed by atoms with van der Waals surface area (Å²) in [6.45, 7) is 11.3. The van der Waals surface area contributed by atoms with Gasteiger partial charge in [-0.05, 0) is 51.8 Å². The summed E-state index contributed by atoms with van der Waals surface area (Å²) in [7, 11) is 0. The average Bonchev–Trinajstić information content (AvgIpc) is 2.51. The van der Waals surface area contributed by atoms with E-state index in [9.17, 15) is 10.1 Å². The number of nitrogens with one attached hydrogen (secondary N) is 1. The van der Waals surface area contributed by atoms with Crippen LogP contribution in [0.1, 0.15) is 44.5 Å². The second kappa shape index (κ2) is 7.46. The lowest BCUT2D eigenvalue weighted by Crippen LogP contribution is -2.36. The number of H-pyrrole nitrogens is 1. The number of pyridine rings is 1. The maximum absolute atomic E-state index is 12.1. The Morgan fingerprint density at radius 1 is 1.12 bits per heavy atom. The first-order valence-corrected chi connectivity index (χ1v) is 8.33. The summed E-state index contributed by atoms with van der Waals surface area (Å²) >= 11 is 0. The highest BCUT2D eigenvalue weighted by atomic mass is 16.1. The highest BCUT2D eigenvalue weighted by Gasteiger charge is 2.18. The molecule has 1 heterocycles. The van der Waals surface area contributed by atoms with Crippen molar-refractivity contribution in [3.63, 3.8) is 0 Å². The largest absolute Gasteiger partial charge is 0.325 e. The van der Waals surface area contributed by atoms with Crippen LogP contribution in [0.5, 0.6) is 0 Å². The zero-order valence-corrected chi connectivity index (χ0v) is 15.1. The number of nitriles is 1. The van der Waals surface area contributed by atoms with E-state index in [1.165, 1.54) is 0 Å². The molecule has 1 N–H and O–H groups in total. The Bertz CT molecular complexity index is 804. The van der Waals surface area contributed by atoms with Crippen LogP contribution in [0.25, 0.3) is 11.1 Å². The zero-order chi connectivity index (χ0) is 17.9. The highest BCUT2D eigenvalue weighted by Crippen LogP contribution is 2.27. The van der Waals surface area contributed by atoms with Gasteiger partial charge in [-0.3, -0.25) is 9.69 Å². The summed E-state index contributed by atoms with van der Waals surface area (Å²) in [5.41, 5.74) is 3.40. The molecule has 0 radical (unpaired) electrons. The normalized spacial score (nSPS) is 11.3. The van der Waals surface area contributed by atoms with E-state index in [1.807, 2.05) is 31.2 Å². The Morgan fingerprint density at radius 2 is 1.75 bits per heavy atom. The number of hydrogen-bond acceptors (Lipinski definition) is 3. The van der Waals surface area contributed by atoms with Gasteiger partial charge in [-0.1, -0.05) is 24.3 Å². The van der Waals surface area contributed by atoms with Crippen molar-refractivity contribution in [3.05, 3.63) is 57.5 Å². The molecule has 0 aliphatic carbocycles. The van der Waals surface area contributed by atoms with Crippen molar-refractivity contribution >= 4 is 0 Å². The van der Waals surface area contributed by atoms with Crippen LogP contribution in [-0.2, 0) is 6.54 Å². The Kier molecular flexibility index (Phi) is 5.58. The standard InChI is InChI=1S/C20H25N3O/c1-13(2)23(14(3)4)12-16-8-6-7-9-17(16)18-10-15(5)22-20(24)19(18)11-21/h6-10,13-14H,12H2,1-5H3,(H,22,24). The van der Waals surface area contributed by atoms with E-state index in [4.69, 9.17) is 0 Å². The molecule has 1 aromatic heterocycles. The quantitative estimate of drug-likeness (QED) is 0.909.